The lowest BCUT2D eigenvalue weighted by molar-refractivity contribution is -0.120. The van der Waals surface area contributed by atoms with Crippen molar-refractivity contribution in [3.63, 3.8) is 0 Å². The van der Waals surface area contributed by atoms with E-state index in [4.69, 9.17) is 9.47 Å². The van der Waals surface area contributed by atoms with Crippen LogP contribution in [0.5, 0.6) is 11.5 Å². The fraction of sp³-hybridized carbons (Fsp3) is 0.333. The third-order valence-corrected chi connectivity index (χ3v) is 4.72. The maximum absolute atomic E-state index is 12.1. The monoisotopic (exact) mass is 398 g/mol. The fourth-order valence-electron chi connectivity index (χ4n) is 3.20. The summed E-state index contributed by atoms with van der Waals surface area (Å²) in [5.74, 6) is 1.27. The second-order valence-corrected chi connectivity index (χ2v) is 6.63. The number of anilines is 1. The molecular formula is C21H26N4O4. The molecule has 0 aromatic heterocycles. The molecule has 1 aliphatic rings. The molecule has 29 heavy (non-hydrogen) atoms. The standard InChI is InChI=1S/C21H26N4O4/c1-28-18-5-3-4-16(20(18)29-2)13-24-21(27)23-12-15-6-8-17(9-7-15)25-11-10-22-19(26)14-25/h3-9H,10-14H2,1-2H3,(H,22,26)(H2,23,24,27). The molecule has 2 aromatic rings. The van der Waals surface area contributed by atoms with E-state index in [-0.39, 0.29) is 11.9 Å². The molecule has 1 heterocycles. The van der Waals surface area contributed by atoms with Gasteiger partial charge in [0.2, 0.25) is 5.91 Å². The van der Waals surface area contributed by atoms with Gasteiger partial charge >= 0.3 is 6.03 Å². The largest absolute Gasteiger partial charge is 0.493 e. The number of benzene rings is 2. The normalized spacial score (nSPS) is 13.4. The van der Waals surface area contributed by atoms with Gasteiger partial charge in [-0.2, -0.15) is 0 Å². The Morgan fingerprint density at radius 3 is 2.52 bits per heavy atom. The molecular weight excluding hydrogens is 372 g/mol. The Balaban J connectivity index is 1.49. The van der Waals surface area contributed by atoms with Gasteiger partial charge in [-0.1, -0.05) is 24.3 Å². The van der Waals surface area contributed by atoms with Crippen LogP contribution in [0.15, 0.2) is 42.5 Å². The van der Waals surface area contributed by atoms with Gasteiger partial charge in [-0.3, -0.25) is 4.79 Å². The van der Waals surface area contributed by atoms with Crippen molar-refractivity contribution < 1.29 is 19.1 Å². The molecule has 0 atom stereocenters. The van der Waals surface area contributed by atoms with E-state index in [2.05, 4.69) is 16.0 Å². The fourth-order valence-corrected chi connectivity index (χ4v) is 3.20. The summed E-state index contributed by atoms with van der Waals surface area (Å²) in [6, 6.07) is 13.1. The Morgan fingerprint density at radius 2 is 1.83 bits per heavy atom. The van der Waals surface area contributed by atoms with Crippen molar-refractivity contribution in [1.29, 1.82) is 0 Å². The van der Waals surface area contributed by atoms with Crippen LogP contribution in [0.4, 0.5) is 10.5 Å². The highest BCUT2D eigenvalue weighted by atomic mass is 16.5. The highest BCUT2D eigenvalue weighted by Crippen LogP contribution is 2.30. The number of carbonyl (C=O) groups excluding carboxylic acids is 2. The first-order valence-corrected chi connectivity index (χ1v) is 9.43. The summed E-state index contributed by atoms with van der Waals surface area (Å²) in [6.07, 6.45) is 0. The zero-order valence-electron chi connectivity index (χ0n) is 16.7. The van der Waals surface area contributed by atoms with Crippen molar-refractivity contribution in [3.05, 3.63) is 53.6 Å². The Morgan fingerprint density at radius 1 is 1.07 bits per heavy atom. The Kier molecular flexibility index (Phi) is 6.78. The summed E-state index contributed by atoms with van der Waals surface area (Å²) >= 11 is 0. The van der Waals surface area contributed by atoms with Crippen LogP contribution in [0, 0.1) is 0 Å². The summed E-state index contributed by atoms with van der Waals surface area (Å²) in [5.41, 5.74) is 2.81. The molecule has 0 radical (unpaired) electrons. The minimum absolute atomic E-state index is 0.0336. The van der Waals surface area contributed by atoms with Gasteiger partial charge in [-0.25, -0.2) is 4.79 Å². The lowest BCUT2D eigenvalue weighted by atomic mass is 10.1. The Hall–Kier alpha value is -3.42. The molecule has 8 nitrogen and oxygen atoms in total. The van der Waals surface area contributed by atoms with Gasteiger partial charge in [0.15, 0.2) is 11.5 Å². The second kappa shape index (κ2) is 9.68. The molecule has 0 aliphatic carbocycles. The number of ether oxygens (including phenoxy) is 2. The minimum Gasteiger partial charge on any atom is -0.493 e. The summed E-state index contributed by atoms with van der Waals surface area (Å²) in [5, 5.41) is 8.48. The molecule has 1 fully saturated rings. The number of urea groups is 1. The van der Waals surface area contributed by atoms with Gasteiger partial charge in [0.25, 0.3) is 0 Å². The summed E-state index contributed by atoms with van der Waals surface area (Å²) in [7, 11) is 3.15. The zero-order valence-corrected chi connectivity index (χ0v) is 16.7. The molecule has 0 saturated carbocycles. The van der Waals surface area contributed by atoms with Crippen molar-refractivity contribution in [2.45, 2.75) is 13.1 Å². The number of rotatable bonds is 7. The molecule has 0 bridgehead atoms. The zero-order chi connectivity index (χ0) is 20.6. The molecule has 1 saturated heterocycles. The van der Waals surface area contributed by atoms with Crippen LogP contribution >= 0.6 is 0 Å². The lowest BCUT2D eigenvalue weighted by Crippen LogP contribution is -2.47. The Labute approximate surface area is 170 Å². The number of nitrogens with one attached hydrogen (secondary N) is 3. The molecule has 3 amide bonds. The first-order chi connectivity index (χ1) is 14.1. The van der Waals surface area contributed by atoms with E-state index < -0.39 is 0 Å². The molecule has 3 N–H and O–H groups in total. The topological polar surface area (TPSA) is 91.9 Å². The Bertz CT molecular complexity index is 854. The van der Waals surface area contributed by atoms with Crippen LogP contribution in [0.3, 0.4) is 0 Å². The SMILES string of the molecule is COc1cccc(CNC(=O)NCc2ccc(N3CCNC(=O)C3)cc2)c1OC. The van der Waals surface area contributed by atoms with Crippen LogP contribution in [-0.2, 0) is 17.9 Å². The number of amides is 3. The molecule has 3 rings (SSSR count). The van der Waals surface area contributed by atoms with E-state index in [1.165, 1.54) is 0 Å². The van der Waals surface area contributed by atoms with Gasteiger partial charge in [0, 0.05) is 37.4 Å². The first kappa shape index (κ1) is 20.3. The van der Waals surface area contributed by atoms with Gasteiger partial charge in [0.1, 0.15) is 0 Å². The predicted octanol–water partition coefficient (Wildman–Crippen LogP) is 1.64. The highest BCUT2D eigenvalue weighted by Gasteiger charge is 2.16. The summed E-state index contributed by atoms with van der Waals surface area (Å²) in [4.78, 5) is 25.7. The number of piperazine rings is 1. The molecule has 8 heteroatoms. The van der Waals surface area contributed by atoms with Gasteiger partial charge in [-0.05, 0) is 23.8 Å². The molecule has 1 aliphatic heterocycles. The van der Waals surface area contributed by atoms with Gasteiger partial charge in [-0.15, -0.1) is 0 Å². The maximum atomic E-state index is 12.1. The lowest BCUT2D eigenvalue weighted by Gasteiger charge is -2.28. The molecule has 0 spiro atoms. The molecule has 0 unspecified atom stereocenters. The third kappa shape index (κ3) is 5.31. The number of nitrogens with zero attached hydrogens (tertiary/aromatic N) is 1. The average molecular weight is 398 g/mol. The van der Waals surface area contributed by atoms with E-state index in [0.717, 1.165) is 23.4 Å². The number of para-hydroxylation sites is 1. The summed E-state index contributed by atoms with van der Waals surface area (Å²) in [6.45, 7) is 2.54. The van der Waals surface area contributed by atoms with Crippen molar-refractivity contribution in [2.75, 3.05) is 38.8 Å². The summed E-state index contributed by atoms with van der Waals surface area (Å²) < 4.78 is 10.6. The van der Waals surface area contributed by atoms with Crippen LogP contribution in [0.25, 0.3) is 0 Å². The number of methoxy groups -OCH3 is 2. The number of hydrogen-bond donors (Lipinski definition) is 3. The highest BCUT2D eigenvalue weighted by molar-refractivity contribution is 5.82. The van der Waals surface area contributed by atoms with Crippen LogP contribution in [0.1, 0.15) is 11.1 Å². The van der Waals surface area contributed by atoms with Crippen molar-refractivity contribution in [2.24, 2.45) is 0 Å². The van der Waals surface area contributed by atoms with E-state index in [9.17, 15) is 9.59 Å². The molecule has 2 aromatic carbocycles. The van der Waals surface area contributed by atoms with Gasteiger partial charge < -0.3 is 30.3 Å². The van der Waals surface area contributed by atoms with Crippen molar-refractivity contribution in [1.82, 2.24) is 16.0 Å². The quantitative estimate of drug-likeness (QED) is 0.660. The number of carbonyl (C=O) groups is 2. The van der Waals surface area contributed by atoms with Crippen LogP contribution in [-0.4, -0.2) is 45.8 Å². The van der Waals surface area contributed by atoms with Crippen molar-refractivity contribution in [3.8, 4) is 11.5 Å². The minimum atomic E-state index is -0.272. The average Bonchev–Trinajstić information content (AvgIpc) is 2.76. The first-order valence-electron chi connectivity index (χ1n) is 9.43. The maximum Gasteiger partial charge on any atom is 0.315 e. The third-order valence-electron chi connectivity index (χ3n) is 4.72. The number of hydrogen-bond acceptors (Lipinski definition) is 5. The molecule has 154 valence electrons. The van der Waals surface area contributed by atoms with E-state index in [0.29, 0.717) is 37.7 Å². The smallest absolute Gasteiger partial charge is 0.315 e. The van der Waals surface area contributed by atoms with E-state index in [1.54, 1.807) is 14.2 Å². The van der Waals surface area contributed by atoms with Crippen LogP contribution < -0.4 is 30.3 Å². The van der Waals surface area contributed by atoms with E-state index >= 15 is 0 Å². The van der Waals surface area contributed by atoms with Gasteiger partial charge in [0.05, 0.1) is 20.8 Å². The second-order valence-electron chi connectivity index (χ2n) is 6.63. The van der Waals surface area contributed by atoms with E-state index in [1.807, 2.05) is 47.4 Å². The van der Waals surface area contributed by atoms with Crippen molar-refractivity contribution >= 4 is 17.6 Å². The predicted molar refractivity (Wildman–Crippen MR) is 110 cm³/mol. The van der Waals surface area contributed by atoms with Crippen LogP contribution in [0.2, 0.25) is 0 Å².